The molecule has 1 atom stereocenters. The minimum atomic E-state index is -4.40. The number of nitrogens with zero attached hydrogens (tertiary/aromatic N) is 4. The summed E-state index contributed by atoms with van der Waals surface area (Å²) in [6, 6.07) is 11.0. The van der Waals surface area contributed by atoms with E-state index in [0.29, 0.717) is 17.9 Å². The van der Waals surface area contributed by atoms with E-state index in [1.807, 2.05) is 45.9 Å². The van der Waals surface area contributed by atoms with E-state index in [1.54, 1.807) is 10.7 Å². The highest BCUT2D eigenvalue weighted by molar-refractivity contribution is 5.51. The van der Waals surface area contributed by atoms with E-state index in [1.165, 1.54) is 6.07 Å². The molecule has 3 rings (SSSR count). The smallest absolute Gasteiger partial charge is 0.373 e. The molecule has 1 N–H and O–H groups in total. The Labute approximate surface area is 161 Å². The van der Waals surface area contributed by atoms with Gasteiger partial charge in [0.2, 0.25) is 0 Å². The van der Waals surface area contributed by atoms with E-state index in [2.05, 4.69) is 20.8 Å². The summed E-state index contributed by atoms with van der Waals surface area (Å²) in [6.07, 6.45) is -3.84. The SMILES string of the molecule is CC[C@](C)(Nc1cccc(C(F)(F)F)c1)c1nnnn1-c1c(C)cccc1C. The van der Waals surface area contributed by atoms with Crippen LogP contribution in [0, 0.1) is 13.8 Å². The minimum absolute atomic E-state index is 0.357. The number of tetrazole rings is 1. The minimum Gasteiger partial charge on any atom is -0.373 e. The van der Waals surface area contributed by atoms with Crippen LogP contribution in [0.4, 0.5) is 18.9 Å². The number of hydrogen-bond donors (Lipinski definition) is 1. The van der Waals surface area contributed by atoms with Gasteiger partial charge in [0, 0.05) is 5.69 Å². The average Bonchev–Trinajstić information content (AvgIpc) is 3.11. The van der Waals surface area contributed by atoms with Gasteiger partial charge in [0.05, 0.1) is 16.8 Å². The zero-order valence-electron chi connectivity index (χ0n) is 16.2. The molecule has 0 radical (unpaired) electrons. The van der Waals surface area contributed by atoms with Crippen LogP contribution in [0.5, 0.6) is 0 Å². The van der Waals surface area contributed by atoms with Crippen molar-refractivity contribution in [1.82, 2.24) is 20.2 Å². The number of halogens is 3. The van der Waals surface area contributed by atoms with Crippen molar-refractivity contribution in [2.75, 3.05) is 5.32 Å². The Bertz CT molecular complexity index is 960. The zero-order chi connectivity index (χ0) is 20.5. The van der Waals surface area contributed by atoms with Crippen molar-refractivity contribution in [3.05, 3.63) is 65.0 Å². The van der Waals surface area contributed by atoms with Gasteiger partial charge in [-0.2, -0.15) is 17.9 Å². The van der Waals surface area contributed by atoms with Crippen molar-refractivity contribution in [3.8, 4) is 5.69 Å². The summed E-state index contributed by atoms with van der Waals surface area (Å²) < 4.78 is 40.9. The van der Waals surface area contributed by atoms with Crippen LogP contribution < -0.4 is 5.32 Å². The van der Waals surface area contributed by atoms with Crippen LogP contribution in [0.25, 0.3) is 5.69 Å². The second kappa shape index (κ2) is 7.26. The molecule has 3 aromatic rings. The van der Waals surface area contributed by atoms with Crippen molar-refractivity contribution >= 4 is 5.69 Å². The van der Waals surface area contributed by atoms with Crippen LogP contribution in [-0.2, 0) is 11.7 Å². The van der Waals surface area contributed by atoms with Crippen molar-refractivity contribution in [2.24, 2.45) is 0 Å². The Morgan fingerprint density at radius 3 is 2.29 bits per heavy atom. The van der Waals surface area contributed by atoms with E-state index >= 15 is 0 Å². The Morgan fingerprint density at radius 2 is 1.68 bits per heavy atom. The third kappa shape index (κ3) is 3.72. The topological polar surface area (TPSA) is 55.6 Å². The molecule has 0 aliphatic carbocycles. The van der Waals surface area contributed by atoms with Crippen molar-refractivity contribution in [2.45, 2.75) is 45.8 Å². The van der Waals surface area contributed by atoms with Gasteiger partial charge in [-0.25, -0.2) is 0 Å². The summed E-state index contributed by atoms with van der Waals surface area (Å²) in [5.74, 6) is 0.532. The highest BCUT2D eigenvalue weighted by atomic mass is 19.4. The maximum Gasteiger partial charge on any atom is 0.416 e. The molecule has 148 valence electrons. The molecule has 1 aromatic heterocycles. The molecule has 1 heterocycles. The molecule has 0 fully saturated rings. The number of aryl methyl sites for hydroxylation is 2. The largest absolute Gasteiger partial charge is 0.416 e. The van der Waals surface area contributed by atoms with Crippen LogP contribution in [0.2, 0.25) is 0 Å². The number of aromatic nitrogens is 4. The second-order valence-electron chi connectivity index (χ2n) is 7.04. The van der Waals surface area contributed by atoms with E-state index in [0.717, 1.165) is 28.9 Å². The van der Waals surface area contributed by atoms with Gasteiger partial charge < -0.3 is 5.32 Å². The van der Waals surface area contributed by atoms with Crippen LogP contribution in [0.3, 0.4) is 0 Å². The first kappa shape index (κ1) is 19.9. The zero-order valence-corrected chi connectivity index (χ0v) is 16.2. The van der Waals surface area contributed by atoms with Crippen LogP contribution in [0.15, 0.2) is 42.5 Å². The third-order valence-corrected chi connectivity index (χ3v) is 4.93. The predicted molar refractivity (Wildman–Crippen MR) is 101 cm³/mol. The number of rotatable bonds is 5. The van der Waals surface area contributed by atoms with Gasteiger partial charge in [-0.05, 0) is 66.9 Å². The molecule has 0 bridgehead atoms. The van der Waals surface area contributed by atoms with E-state index in [-0.39, 0.29) is 0 Å². The lowest BCUT2D eigenvalue weighted by atomic mass is 9.96. The summed E-state index contributed by atoms with van der Waals surface area (Å²) >= 11 is 0. The monoisotopic (exact) mass is 389 g/mol. The molecule has 0 saturated heterocycles. The van der Waals surface area contributed by atoms with Gasteiger partial charge in [0.25, 0.3) is 0 Å². The lowest BCUT2D eigenvalue weighted by Crippen LogP contribution is -2.35. The maximum absolute atomic E-state index is 13.1. The van der Waals surface area contributed by atoms with Crippen LogP contribution >= 0.6 is 0 Å². The van der Waals surface area contributed by atoms with E-state index in [4.69, 9.17) is 0 Å². The Kier molecular flexibility index (Phi) is 5.14. The number of alkyl halides is 3. The number of benzene rings is 2. The molecule has 8 heteroatoms. The molecule has 28 heavy (non-hydrogen) atoms. The van der Waals surface area contributed by atoms with Crippen LogP contribution in [0.1, 0.15) is 42.8 Å². The molecule has 2 aromatic carbocycles. The molecule has 0 spiro atoms. The fourth-order valence-corrected chi connectivity index (χ4v) is 3.22. The van der Waals surface area contributed by atoms with Gasteiger partial charge in [-0.15, -0.1) is 5.10 Å². The first-order chi connectivity index (χ1) is 13.2. The summed E-state index contributed by atoms with van der Waals surface area (Å²) in [7, 11) is 0. The first-order valence-electron chi connectivity index (χ1n) is 8.96. The highest BCUT2D eigenvalue weighted by Gasteiger charge is 2.34. The maximum atomic E-state index is 13.1. The summed E-state index contributed by atoms with van der Waals surface area (Å²) in [5.41, 5.74) is 1.76. The number of para-hydroxylation sites is 1. The summed E-state index contributed by atoms with van der Waals surface area (Å²) in [4.78, 5) is 0. The Morgan fingerprint density at radius 1 is 1.04 bits per heavy atom. The predicted octanol–water partition coefficient (Wildman–Crippen LogP) is 5.04. The molecule has 0 aliphatic heterocycles. The lowest BCUT2D eigenvalue weighted by molar-refractivity contribution is -0.137. The molecule has 0 aliphatic rings. The second-order valence-corrected chi connectivity index (χ2v) is 7.04. The van der Waals surface area contributed by atoms with E-state index in [9.17, 15) is 13.2 Å². The molecule has 5 nitrogen and oxygen atoms in total. The molecular weight excluding hydrogens is 367 g/mol. The fourth-order valence-electron chi connectivity index (χ4n) is 3.22. The van der Waals surface area contributed by atoms with Gasteiger partial charge >= 0.3 is 6.18 Å². The highest BCUT2D eigenvalue weighted by Crippen LogP contribution is 2.34. The van der Waals surface area contributed by atoms with Crippen LogP contribution in [-0.4, -0.2) is 20.2 Å². The average molecular weight is 389 g/mol. The van der Waals surface area contributed by atoms with E-state index < -0.39 is 17.3 Å². The number of anilines is 1. The molecule has 0 saturated carbocycles. The van der Waals surface area contributed by atoms with Crippen molar-refractivity contribution < 1.29 is 13.2 Å². The molecule has 0 unspecified atom stereocenters. The standard InChI is InChI=1S/C20H22F3N5/c1-5-19(4,24-16-11-7-10-15(12-16)20(21,22)23)18-25-26-27-28(18)17-13(2)8-6-9-14(17)3/h6-12,24H,5H2,1-4H3/t19-/m0/s1. The third-order valence-electron chi connectivity index (χ3n) is 4.93. The van der Waals surface area contributed by atoms with Gasteiger partial charge in [0.15, 0.2) is 5.82 Å². The number of hydrogen-bond acceptors (Lipinski definition) is 4. The quantitative estimate of drug-likeness (QED) is 0.665. The fraction of sp³-hybridized carbons (Fsp3) is 0.350. The Balaban J connectivity index is 2.04. The lowest BCUT2D eigenvalue weighted by Gasteiger charge is -2.30. The molecular formula is C20H22F3N5. The summed E-state index contributed by atoms with van der Waals surface area (Å²) in [6.45, 7) is 7.75. The first-order valence-corrected chi connectivity index (χ1v) is 8.96. The van der Waals surface area contributed by atoms with Crippen molar-refractivity contribution in [3.63, 3.8) is 0 Å². The Hall–Kier alpha value is -2.90. The van der Waals surface area contributed by atoms with Crippen molar-refractivity contribution in [1.29, 1.82) is 0 Å². The van der Waals surface area contributed by atoms with Gasteiger partial charge in [-0.3, -0.25) is 0 Å². The molecule has 0 amide bonds. The normalized spacial score (nSPS) is 14.0. The number of nitrogens with one attached hydrogen (secondary N) is 1. The van der Waals surface area contributed by atoms with Gasteiger partial charge in [-0.1, -0.05) is 31.2 Å². The van der Waals surface area contributed by atoms with Gasteiger partial charge in [0.1, 0.15) is 0 Å². The summed E-state index contributed by atoms with van der Waals surface area (Å²) in [5, 5.41) is 15.4.